The molecule has 1 amide bonds. The molecule has 138 valence electrons. The molecule has 0 saturated heterocycles. The second-order valence-corrected chi connectivity index (χ2v) is 8.62. The highest BCUT2D eigenvalue weighted by molar-refractivity contribution is 7.98. The number of nitrogens with one attached hydrogen (secondary N) is 1. The Balaban J connectivity index is 1.54. The summed E-state index contributed by atoms with van der Waals surface area (Å²) >= 11 is 1.80. The van der Waals surface area contributed by atoms with E-state index in [0.29, 0.717) is 6.42 Å². The summed E-state index contributed by atoms with van der Waals surface area (Å²) in [6, 6.07) is 16.6. The Hall–Kier alpha value is -1.94. The van der Waals surface area contributed by atoms with E-state index in [4.69, 9.17) is 4.74 Å². The second-order valence-electron chi connectivity index (χ2n) is 7.52. The summed E-state index contributed by atoms with van der Waals surface area (Å²) in [7, 11) is 0. The smallest absolute Gasteiger partial charge is 0.221 e. The zero-order chi connectivity index (χ0) is 18.6. The summed E-state index contributed by atoms with van der Waals surface area (Å²) in [6.45, 7) is 6.21. The topological polar surface area (TPSA) is 38.3 Å². The fourth-order valence-corrected chi connectivity index (χ4v) is 4.19. The first-order valence-electron chi connectivity index (χ1n) is 9.13. The van der Waals surface area contributed by atoms with Crippen LogP contribution >= 0.6 is 11.8 Å². The maximum atomic E-state index is 12.4. The molecule has 0 spiro atoms. The van der Waals surface area contributed by atoms with Crippen LogP contribution in [0.5, 0.6) is 5.75 Å². The third-order valence-electron chi connectivity index (χ3n) is 4.55. The van der Waals surface area contributed by atoms with Gasteiger partial charge in [-0.15, -0.1) is 0 Å². The van der Waals surface area contributed by atoms with Crippen LogP contribution in [0.1, 0.15) is 49.4 Å². The number of benzene rings is 2. The van der Waals surface area contributed by atoms with Crippen LogP contribution in [-0.2, 0) is 10.5 Å². The molecule has 26 heavy (non-hydrogen) atoms. The highest BCUT2D eigenvalue weighted by Gasteiger charge is 2.34. The lowest BCUT2D eigenvalue weighted by molar-refractivity contribution is -0.121. The fourth-order valence-electron chi connectivity index (χ4n) is 3.28. The van der Waals surface area contributed by atoms with E-state index in [1.54, 1.807) is 11.8 Å². The summed E-state index contributed by atoms with van der Waals surface area (Å²) < 4.78 is 6.10. The zero-order valence-corrected chi connectivity index (χ0v) is 16.6. The van der Waals surface area contributed by atoms with Gasteiger partial charge in [0.25, 0.3) is 0 Å². The Labute approximate surface area is 160 Å². The van der Waals surface area contributed by atoms with Gasteiger partial charge in [0.1, 0.15) is 11.4 Å². The molecule has 0 aliphatic carbocycles. The van der Waals surface area contributed by atoms with Crippen molar-refractivity contribution in [1.29, 1.82) is 0 Å². The molecule has 0 aromatic heterocycles. The lowest BCUT2D eigenvalue weighted by atomic mass is 9.89. The van der Waals surface area contributed by atoms with Gasteiger partial charge in [0, 0.05) is 29.9 Å². The van der Waals surface area contributed by atoms with Crippen LogP contribution in [0.3, 0.4) is 0 Å². The summed E-state index contributed by atoms with van der Waals surface area (Å²) in [4.78, 5) is 12.4. The first-order valence-corrected chi connectivity index (χ1v) is 10.3. The molecular formula is C22H27NO2S. The number of thioether (sulfide) groups is 1. The van der Waals surface area contributed by atoms with Crippen molar-refractivity contribution in [3.05, 3.63) is 65.2 Å². The number of aryl methyl sites for hydroxylation is 1. The van der Waals surface area contributed by atoms with Crippen LogP contribution in [0.25, 0.3) is 0 Å². The number of amides is 1. The Morgan fingerprint density at radius 1 is 1.23 bits per heavy atom. The van der Waals surface area contributed by atoms with Crippen molar-refractivity contribution in [2.75, 3.05) is 5.75 Å². The SMILES string of the molecule is Cc1ccc2c(c1)OC(C)(C)C[C@@H]2NC(=O)CCSCc1ccccc1. The Kier molecular flexibility index (Phi) is 5.92. The molecule has 0 radical (unpaired) electrons. The molecule has 1 heterocycles. The molecule has 1 N–H and O–H groups in total. The molecule has 0 bridgehead atoms. The molecule has 3 rings (SSSR count). The van der Waals surface area contributed by atoms with Gasteiger partial charge in [-0.25, -0.2) is 0 Å². The first-order chi connectivity index (χ1) is 12.4. The van der Waals surface area contributed by atoms with Crippen LogP contribution in [0.2, 0.25) is 0 Å². The number of carbonyl (C=O) groups is 1. The van der Waals surface area contributed by atoms with E-state index >= 15 is 0 Å². The van der Waals surface area contributed by atoms with E-state index in [0.717, 1.165) is 29.2 Å². The van der Waals surface area contributed by atoms with E-state index in [9.17, 15) is 4.79 Å². The maximum absolute atomic E-state index is 12.4. The molecule has 2 aromatic rings. The summed E-state index contributed by atoms with van der Waals surface area (Å²) in [5, 5.41) is 3.22. The minimum absolute atomic E-state index is 0.0148. The van der Waals surface area contributed by atoms with Crippen LogP contribution in [0.4, 0.5) is 0 Å². The molecule has 0 fully saturated rings. The molecule has 3 nitrogen and oxygen atoms in total. The minimum atomic E-state index is -0.277. The molecule has 0 unspecified atom stereocenters. The zero-order valence-electron chi connectivity index (χ0n) is 15.7. The van der Waals surface area contributed by atoms with Gasteiger partial charge in [0.2, 0.25) is 5.91 Å². The van der Waals surface area contributed by atoms with Crippen molar-refractivity contribution in [2.45, 2.75) is 51.0 Å². The van der Waals surface area contributed by atoms with E-state index in [1.165, 1.54) is 11.1 Å². The van der Waals surface area contributed by atoms with Crippen LogP contribution in [-0.4, -0.2) is 17.3 Å². The van der Waals surface area contributed by atoms with E-state index in [2.05, 4.69) is 68.6 Å². The summed E-state index contributed by atoms with van der Waals surface area (Å²) in [5.74, 6) is 2.78. The fraction of sp³-hybridized carbons (Fsp3) is 0.409. The van der Waals surface area contributed by atoms with Gasteiger partial charge in [0.05, 0.1) is 6.04 Å². The molecule has 1 atom stereocenters. The highest BCUT2D eigenvalue weighted by atomic mass is 32.2. The Bertz CT molecular complexity index is 758. The number of fused-ring (bicyclic) bond motifs is 1. The van der Waals surface area contributed by atoms with Gasteiger partial charge in [0.15, 0.2) is 0 Å². The average Bonchev–Trinajstić information content (AvgIpc) is 2.58. The van der Waals surface area contributed by atoms with Crippen molar-refractivity contribution in [3.63, 3.8) is 0 Å². The maximum Gasteiger partial charge on any atom is 0.221 e. The van der Waals surface area contributed by atoms with Crippen molar-refractivity contribution < 1.29 is 9.53 Å². The van der Waals surface area contributed by atoms with Gasteiger partial charge in [-0.2, -0.15) is 11.8 Å². The van der Waals surface area contributed by atoms with Crippen molar-refractivity contribution >= 4 is 17.7 Å². The quantitative estimate of drug-likeness (QED) is 0.725. The number of rotatable bonds is 6. The number of hydrogen-bond donors (Lipinski definition) is 1. The summed E-state index contributed by atoms with van der Waals surface area (Å²) in [6.07, 6.45) is 1.32. The minimum Gasteiger partial charge on any atom is -0.487 e. The van der Waals surface area contributed by atoms with Gasteiger partial charge >= 0.3 is 0 Å². The van der Waals surface area contributed by atoms with Crippen LogP contribution in [0, 0.1) is 6.92 Å². The summed E-state index contributed by atoms with van der Waals surface area (Å²) in [5.41, 5.74) is 3.28. The standard InChI is InChI=1S/C22H27NO2S/c1-16-9-10-18-19(14-22(2,3)25-20(18)13-16)23-21(24)11-12-26-15-17-7-5-4-6-8-17/h4-10,13,19H,11-12,14-15H2,1-3H3,(H,23,24)/t19-/m0/s1. The van der Waals surface area contributed by atoms with Gasteiger partial charge in [-0.05, 0) is 38.0 Å². The Morgan fingerprint density at radius 2 is 2.00 bits per heavy atom. The number of hydrogen-bond acceptors (Lipinski definition) is 3. The normalized spacial score (nSPS) is 17.9. The lowest BCUT2D eigenvalue weighted by Crippen LogP contribution is -2.41. The average molecular weight is 370 g/mol. The molecule has 0 saturated carbocycles. The number of ether oxygens (including phenoxy) is 1. The van der Waals surface area contributed by atoms with Crippen LogP contribution < -0.4 is 10.1 Å². The molecule has 1 aliphatic heterocycles. The molecular weight excluding hydrogens is 342 g/mol. The van der Waals surface area contributed by atoms with Crippen molar-refractivity contribution in [2.24, 2.45) is 0 Å². The van der Waals surface area contributed by atoms with E-state index in [1.807, 2.05) is 6.07 Å². The van der Waals surface area contributed by atoms with E-state index < -0.39 is 0 Å². The lowest BCUT2D eigenvalue weighted by Gasteiger charge is -2.38. The van der Waals surface area contributed by atoms with Gasteiger partial charge in [-0.1, -0.05) is 42.5 Å². The van der Waals surface area contributed by atoms with Gasteiger partial charge < -0.3 is 10.1 Å². The second kappa shape index (κ2) is 8.17. The predicted octanol–water partition coefficient (Wildman–Crippen LogP) is 5.04. The molecule has 2 aromatic carbocycles. The Morgan fingerprint density at radius 3 is 2.77 bits per heavy atom. The predicted molar refractivity (Wildman–Crippen MR) is 109 cm³/mol. The highest BCUT2D eigenvalue weighted by Crippen LogP contribution is 2.39. The largest absolute Gasteiger partial charge is 0.487 e. The van der Waals surface area contributed by atoms with Crippen molar-refractivity contribution in [1.82, 2.24) is 5.32 Å². The third kappa shape index (κ3) is 5.04. The van der Waals surface area contributed by atoms with Crippen molar-refractivity contribution in [3.8, 4) is 5.75 Å². The van der Waals surface area contributed by atoms with E-state index in [-0.39, 0.29) is 17.6 Å². The molecule has 1 aliphatic rings. The third-order valence-corrected chi connectivity index (χ3v) is 5.58. The first kappa shape index (κ1) is 18.8. The molecule has 4 heteroatoms. The van der Waals surface area contributed by atoms with Crippen LogP contribution in [0.15, 0.2) is 48.5 Å². The monoisotopic (exact) mass is 369 g/mol. The van der Waals surface area contributed by atoms with Gasteiger partial charge in [-0.3, -0.25) is 4.79 Å². The number of carbonyl (C=O) groups excluding carboxylic acids is 1.